The number of hydrogen-bond acceptors (Lipinski definition) is 5. The Labute approximate surface area is 223 Å². The van der Waals surface area contributed by atoms with Crippen molar-refractivity contribution in [1.82, 2.24) is 24.2 Å². The van der Waals surface area contributed by atoms with Crippen LogP contribution in [0.1, 0.15) is 50.2 Å². The number of hydrogen-bond donors (Lipinski definition) is 1. The van der Waals surface area contributed by atoms with Crippen molar-refractivity contribution in [1.29, 1.82) is 0 Å². The number of alkyl halides is 3. The number of nitrogens with zero attached hydrogens (tertiary/aromatic N) is 5. The van der Waals surface area contributed by atoms with E-state index in [1.165, 1.54) is 31.6 Å². The molecule has 0 saturated carbocycles. The molecule has 2 aromatic carbocycles. The van der Waals surface area contributed by atoms with Gasteiger partial charge < -0.3 is 14.8 Å². The van der Waals surface area contributed by atoms with Crippen molar-refractivity contribution in [3.63, 3.8) is 0 Å². The van der Waals surface area contributed by atoms with Gasteiger partial charge in [-0.1, -0.05) is 17.9 Å². The fourth-order valence-corrected chi connectivity index (χ4v) is 3.76. The van der Waals surface area contributed by atoms with Crippen molar-refractivity contribution in [3.05, 3.63) is 94.8 Å². The van der Waals surface area contributed by atoms with Crippen molar-refractivity contribution >= 4 is 17.5 Å². The van der Waals surface area contributed by atoms with Gasteiger partial charge in [0.2, 0.25) is 5.91 Å². The van der Waals surface area contributed by atoms with Crippen LogP contribution in [-0.2, 0) is 12.7 Å². The first-order valence-electron chi connectivity index (χ1n) is 11.8. The van der Waals surface area contributed by atoms with Crippen molar-refractivity contribution < 1.29 is 22.8 Å². The summed E-state index contributed by atoms with van der Waals surface area (Å²) in [5.74, 6) is 5.57. The van der Waals surface area contributed by atoms with E-state index in [2.05, 4.69) is 27.2 Å². The Bertz CT molecular complexity index is 1610. The second-order valence-corrected chi connectivity index (χ2v) is 9.14. The molecule has 8 nitrogen and oxygen atoms in total. The number of anilines is 1. The third-order valence-corrected chi connectivity index (χ3v) is 5.70. The Morgan fingerprint density at radius 3 is 2.54 bits per heavy atom. The Kier molecular flexibility index (Phi) is 7.69. The van der Waals surface area contributed by atoms with Gasteiger partial charge in [-0.25, -0.2) is 9.67 Å². The normalized spacial score (nSPS) is 11.3. The molecule has 0 fully saturated rings. The summed E-state index contributed by atoms with van der Waals surface area (Å²) in [5.41, 5.74) is 1.39. The summed E-state index contributed by atoms with van der Waals surface area (Å²) in [6.45, 7) is 3.61. The number of aryl methyl sites for hydroxylation is 1. The third-order valence-electron chi connectivity index (χ3n) is 5.70. The molecular weight excluding hydrogens is 509 g/mol. The molecule has 1 N–H and O–H groups in total. The molecule has 0 saturated heterocycles. The Morgan fingerprint density at radius 1 is 1.10 bits per heavy atom. The molecule has 39 heavy (non-hydrogen) atoms. The van der Waals surface area contributed by atoms with E-state index in [1.807, 2.05) is 25.9 Å². The lowest BCUT2D eigenvalue weighted by molar-refractivity contribution is -0.137. The number of aromatic nitrogens is 4. The lowest BCUT2D eigenvalue weighted by Gasteiger charge is -2.16. The van der Waals surface area contributed by atoms with E-state index in [0.717, 1.165) is 22.4 Å². The molecule has 4 aromatic rings. The van der Waals surface area contributed by atoms with Crippen LogP contribution < -0.4 is 5.32 Å². The molecular formula is C28H25F3N6O2. The van der Waals surface area contributed by atoms with Crippen molar-refractivity contribution in [2.24, 2.45) is 0 Å². The van der Waals surface area contributed by atoms with E-state index in [4.69, 9.17) is 0 Å². The third kappa shape index (κ3) is 6.61. The van der Waals surface area contributed by atoms with Gasteiger partial charge in [-0.2, -0.15) is 18.3 Å². The van der Waals surface area contributed by atoms with Crippen LogP contribution in [0.4, 0.5) is 18.9 Å². The topological polar surface area (TPSA) is 85.0 Å². The van der Waals surface area contributed by atoms with Gasteiger partial charge >= 0.3 is 6.18 Å². The molecule has 0 atom stereocenters. The Morgan fingerprint density at radius 2 is 1.87 bits per heavy atom. The summed E-state index contributed by atoms with van der Waals surface area (Å²) in [6.07, 6.45) is 1.41. The number of halogens is 3. The molecule has 0 bridgehead atoms. The molecule has 0 radical (unpaired) electrons. The summed E-state index contributed by atoms with van der Waals surface area (Å²) in [4.78, 5) is 30.6. The van der Waals surface area contributed by atoms with Gasteiger partial charge in [0.25, 0.3) is 5.91 Å². The van der Waals surface area contributed by atoms with Gasteiger partial charge in [-0.3, -0.25) is 9.59 Å². The minimum absolute atomic E-state index is 0.0146. The zero-order valence-corrected chi connectivity index (χ0v) is 21.7. The highest BCUT2D eigenvalue weighted by molar-refractivity contribution is 6.04. The quantitative estimate of drug-likeness (QED) is 0.373. The van der Waals surface area contributed by atoms with Gasteiger partial charge in [0, 0.05) is 48.0 Å². The molecule has 11 heteroatoms. The molecule has 200 valence electrons. The van der Waals surface area contributed by atoms with E-state index >= 15 is 0 Å². The molecule has 4 rings (SSSR count). The summed E-state index contributed by atoms with van der Waals surface area (Å²) < 4.78 is 43.9. The number of carbonyl (C=O) groups is 2. The van der Waals surface area contributed by atoms with E-state index < -0.39 is 17.6 Å². The minimum Gasteiger partial charge on any atom is -0.322 e. The Balaban J connectivity index is 1.64. The second-order valence-electron chi connectivity index (χ2n) is 9.14. The molecule has 2 heterocycles. The van der Waals surface area contributed by atoms with Crippen molar-refractivity contribution in [2.45, 2.75) is 26.6 Å². The van der Waals surface area contributed by atoms with E-state index in [-0.39, 0.29) is 22.8 Å². The van der Waals surface area contributed by atoms with Gasteiger partial charge in [0.05, 0.1) is 23.9 Å². The highest BCUT2D eigenvalue weighted by Gasteiger charge is 2.32. The van der Waals surface area contributed by atoms with Crippen LogP contribution >= 0.6 is 0 Å². The summed E-state index contributed by atoms with van der Waals surface area (Å²) >= 11 is 0. The van der Waals surface area contributed by atoms with Crippen LogP contribution in [-0.4, -0.2) is 50.1 Å². The lowest BCUT2D eigenvalue weighted by Crippen LogP contribution is -2.16. The first kappa shape index (κ1) is 27.3. The number of benzene rings is 2. The second kappa shape index (κ2) is 11.0. The molecule has 2 aromatic heterocycles. The first-order chi connectivity index (χ1) is 18.4. The average Bonchev–Trinajstić information content (AvgIpc) is 3.52. The lowest BCUT2D eigenvalue weighted by atomic mass is 10.0. The fraction of sp³-hybridized carbons (Fsp3) is 0.214. The number of amides is 1. The van der Waals surface area contributed by atoms with Crippen LogP contribution in [0, 0.1) is 18.8 Å². The number of carbonyl (C=O) groups excluding carboxylic acids is 2. The fourth-order valence-electron chi connectivity index (χ4n) is 3.76. The van der Waals surface area contributed by atoms with E-state index in [0.29, 0.717) is 23.5 Å². The maximum Gasteiger partial charge on any atom is 0.416 e. The molecule has 1 amide bonds. The van der Waals surface area contributed by atoms with E-state index in [1.54, 1.807) is 29.0 Å². The highest BCUT2D eigenvalue weighted by Crippen LogP contribution is 2.33. The SMILES string of the molecule is CC(=O)n1cc(C#Cc2cc(C(=O)Nc3cc(-n4ccnc4CN(C)C)cc(C(F)(F)F)c3)ccc2C)cn1. The molecule has 0 spiro atoms. The van der Waals surface area contributed by atoms with Gasteiger partial charge in [-0.05, 0) is 56.9 Å². The maximum absolute atomic E-state index is 13.7. The number of nitrogens with one attached hydrogen (secondary N) is 1. The standard InChI is InChI=1S/C28H25F3N6O2/c1-18-5-7-22(11-21(18)8-6-20-15-33-37(16-20)19(2)38)27(39)34-24-12-23(28(29,30)31)13-25(14-24)36-10-9-32-26(36)17-35(3)4/h5,7,9-16H,17H2,1-4H3,(H,34,39). The zero-order valence-electron chi connectivity index (χ0n) is 21.7. The molecule has 0 aliphatic rings. The van der Waals surface area contributed by atoms with Crippen molar-refractivity contribution in [3.8, 4) is 17.5 Å². The molecule has 0 aliphatic heterocycles. The first-order valence-corrected chi connectivity index (χ1v) is 11.8. The molecule has 0 aliphatic carbocycles. The number of imidazole rings is 1. The van der Waals surface area contributed by atoms with Crippen LogP contribution in [0.5, 0.6) is 0 Å². The van der Waals surface area contributed by atoms with Crippen molar-refractivity contribution in [2.75, 3.05) is 19.4 Å². The van der Waals surface area contributed by atoms with Gasteiger partial charge in [0.1, 0.15) is 5.82 Å². The smallest absolute Gasteiger partial charge is 0.322 e. The van der Waals surface area contributed by atoms with Crippen LogP contribution in [0.3, 0.4) is 0 Å². The van der Waals surface area contributed by atoms with E-state index in [9.17, 15) is 22.8 Å². The molecule has 0 unspecified atom stereocenters. The minimum atomic E-state index is -4.62. The van der Waals surface area contributed by atoms with Crippen LogP contribution in [0.25, 0.3) is 5.69 Å². The summed E-state index contributed by atoms with van der Waals surface area (Å²) in [7, 11) is 3.66. The van der Waals surface area contributed by atoms with Crippen LogP contribution in [0.15, 0.2) is 61.2 Å². The highest BCUT2D eigenvalue weighted by atomic mass is 19.4. The number of rotatable bonds is 5. The predicted molar refractivity (Wildman–Crippen MR) is 140 cm³/mol. The average molecular weight is 535 g/mol. The predicted octanol–water partition coefficient (Wildman–Crippen LogP) is 4.77. The summed E-state index contributed by atoms with van der Waals surface area (Å²) in [5, 5.41) is 6.51. The maximum atomic E-state index is 13.7. The van der Waals surface area contributed by atoms with Gasteiger partial charge in [0.15, 0.2) is 0 Å². The largest absolute Gasteiger partial charge is 0.416 e. The monoisotopic (exact) mass is 534 g/mol. The van der Waals surface area contributed by atoms with Gasteiger partial charge in [-0.15, -0.1) is 0 Å². The Hall–Kier alpha value is -4.69. The zero-order chi connectivity index (χ0) is 28.3. The van der Waals surface area contributed by atoms with Crippen LogP contribution in [0.2, 0.25) is 0 Å². The summed E-state index contributed by atoms with van der Waals surface area (Å²) in [6, 6.07) is 8.22.